The third-order valence-corrected chi connectivity index (χ3v) is 12.5. The van der Waals surface area contributed by atoms with E-state index in [9.17, 15) is 19.8 Å². The highest BCUT2D eigenvalue weighted by Crippen LogP contribution is 2.55. The van der Waals surface area contributed by atoms with E-state index < -0.39 is 12.3 Å². The van der Waals surface area contributed by atoms with E-state index in [0.717, 1.165) is 70.4 Å². The van der Waals surface area contributed by atoms with Gasteiger partial charge in [-0.25, -0.2) is 14.6 Å². The Morgan fingerprint density at radius 2 is 1.52 bits per heavy atom. The molecule has 10 heteroatoms. The molecule has 4 aromatic rings. The van der Waals surface area contributed by atoms with Crippen LogP contribution in [0.25, 0.3) is 11.1 Å². The molecule has 2 amide bonds. The average Bonchev–Trinajstić information content (AvgIpc) is 3.16. The summed E-state index contributed by atoms with van der Waals surface area (Å²) in [6, 6.07) is 27.3. The lowest BCUT2D eigenvalue weighted by Crippen LogP contribution is -2.61. The van der Waals surface area contributed by atoms with Crippen LogP contribution in [0.5, 0.6) is 0 Å². The smallest absolute Gasteiger partial charge is 0.338 e. The fourth-order valence-corrected chi connectivity index (χ4v) is 10.3. The van der Waals surface area contributed by atoms with Crippen molar-refractivity contribution in [3.8, 4) is 11.1 Å². The summed E-state index contributed by atoms with van der Waals surface area (Å²) >= 11 is 1.37. The van der Waals surface area contributed by atoms with Crippen molar-refractivity contribution in [2.45, 2.75) is 87.2 Å². The average molecular weight is 720 g/mol. The highest BCUT2D eigenvalue weighted by molar-refractivity contribution is 7.99. The van der Waals surface area contributed by atoms with Gasteiger partial charge in [0, 0.05) is 36.0 Å². The van der Waals surface area contributed by atoms with Crippen LogP contribution < -0.4 is 10.6 Å². The number of carbonyl (C=O) groups excluding carboxylic acids is 1. The number of carbonyl (C=O) groups is 2. The topological polar surface area (TPSA) is 130 Å². The van der Waals surface area contributed by atoms with Crippen LogP contribution in [0.4, 0.5) is 4.79 Å². The molecule has 0 spiro atoms. The number of carboxylic acid groups (broad SMARTS) is 1. The molecule has 4 bridgehead atoms. The monoisotopic (exact) mass is 719 g/mol. The van der Waals surface area contributed by atoms with E-state index in [4.69, 9.17) is 9.47 Å². The fourth-order valence-electron chi connectivity index (χ4n) is 9.29. The predicted octanol–water partition coefficient (Wildman–Crippen LogP) is 8.04. The van der Waals surface area contributed by atoms with Gasteiger partial charge in [0.1, 0.15) is 5.03 Å². The SMILES string of the molecule is O=C(NCc1cccc(-c2ccc([C@H]3O[C@@H](CSc4ncccc4C(=O)O)C[C@@H](c4ccc(CO)cc4)O3)cc2)c1)NC12CC3CC(CC(C3)C1)C2. The molecule has 2 heterocycles. The van der Waals surface area contributed by atoms with Crippen LogP contribution in [0.3, 0.4) is 0 Å². The number of ether oxygens (including phenoxy) is 2. The first kappa shape index (κ1) is 34.8. The highest BCUT2D eigenvalue weighted by atomic mass is 32.2. The third kappa shape index (κ3) is 7.76. The largest absolute Gasteiger partial charge is 0.478 e. The molecule has 52 heavy (non-hydrogen) atoms. The van der Waals surface area contributed by atoms with Gasteiger partial charge in [0.25, 0.3) is 0 Å². The molecule has 0 unspecified atom stereocenters. The molecule has 9 nitrogen and oxygen atoms in total. The molecule has 1 saturated heterocycles. The van der Waals surface area contributed by atoms with Crippen LogP contribution in [-0.2, 0) is 22.6 Å². The van der Waals surface area contributed by atoms with Crippen LogP contribution in [0.2, 0.25) is 0 Å². The van der Waals surface area contributed by atoms with Gasteiger partial charge in [-0.1, -0.05) is 66.7 Å². The molecule has 4 aliphatic carbocycles. The Kier molecular flexibility index (Phi) is 10.1. The molecule has 4 saturated carbocycles. The number of aliphatic hydroxyl groups is 1. The molecular weight excluding hydrogens is 675 g/mol. The van der Waals surface area contributed by atoms with Crippen LogP contribution >= 0.6 is 11.8 Å². The van der Waals surface area contributed by atoms with Gasteiger partial charge in [0.05, 0.1) is 24.4 Å². The number of pyridine rings is 1. The number of hydrogen-bond donors (Lipinski definition) is 4. The van der Waals surface area contributed by atoms with Crippen LogP contribution in [-0.4, -0.2) is 44.6 Å². The normalized spacial score (nSPS) is 27.6. The molecule has 1 aromatic heterocycles. The number of rotatable bonds is 11. The number of amides is 2. The summed E-state index contributed by atoms with van der Waals surface area (Å²) in [5, 5.41) is 26.2. The number of nitrogens with one attached hydrogen (secondary N) is 2. The molecular formula is C42H45N3O6S. The van der Waals surface area contributed by atoms with Gasteiger partial charge in [-0.15, -0.1) is 11.8 Å². The summed E-state index contributed by atoms with van der Waals surface area (Å²) in [5.74, 6) is 1.83. The Hall–Kier alpha value is -4.22. The summed E-state index contributed by atoms with van der Waals surface area (Å²) in [7, 11) is 0. The molecule has 0 radical (unpaired) electrons. The predicted molar refractivity (Wildman–Crippen MR) is 198 cm³/mol. The van der Waals surface area contributed by atoms with E-state index in [0.29, 0.717) is 23.7 Å². The highest BCUT2D eigenvalue weighted by Gasteiger charge is 2.51. The van der Waals surface area contributed by atoms with Crippen molar-refractivity contribution in [3.05, 3.63) is 119 Å². The summed E-state index contributed by atoms with van der Waals surface area (Å²) in [6.07, 6.45) is 8.48. The maximum Gasteiger partial charge on any atom is 0.338 e. The van der Waals surface area contributed by atoms with Crippen LogP contribution in [0.1, 0.15) is 90.0 Å². The Morgan fingerprint density at radius 3 is 2.21 bits per heavy atom. The lowest BCUT2D eigenvalue weighted by molar-refractivity contribution is -0.245. The van der Waals surface area contributed by atoms with Crippen molar-refractivity contribution in [1.82, 2.24) is 15.6 Å². The standard InChI is InChI=1S/C42H45N3O6S/c46-24-26-6-8-32(9-7-26)37-19-35(25-52-38-36(39(47)48)5-2-14-43-38)50-40(51-37)33-12-10-31(11-13-33)34-4-1-3-27(18-34)23-44-41(49)45-42-20-28-15-29(21-42)17-30(16-28)22-42/h1-14,18,28-30,35,37,40,46H,15-17,19-25H2,(H,47,48)(H2,44,45,49)/t28?,29?,30?,35-,37+,40+,42?/m1/s1. The fraction of sp³-hybridized carbons (Fsp3) is 0.405. The van der Waals surface area contributed by atoms with Crippen molar-refractivity contribution in [2.24, 2.45) is 17.8 Å². The molecule has 4 N–H and O–H groups in total. The molecule has 3 aromatic carbocycles. The van der Waals surface area contributed by atoms with E-state index >= 15 is 0 Å². The van der Waals surface area contributed by atoms with E-state index in [1.165, 1.54) is 31.0 Å². The first-order chi connectivity index (χ1) is 25.3. The summed E-state index contributed by atoms with van der Waals surface area (Å²) in [6.45, 7) is 0.427. The Balaban J connectivity index is 0.931. The molecule has 3 atom stereocenters. The molecule has 5 fully saturated rings. The molecule has 270 valence electrons. The Labute approximate surface area is 308 Å². The lowest BCUT2D eigenvalue weighted by Gasteiger charge is -2.56. The Bertz CT molecular complexity index is 1870. The zero-order chi connectivity index (χ0) is 35.7. The minimum atomic E-state index is -1.01. The van der Waals surface area contributed by atoms with Gasteiger partial charge in [-0.3, -0.25) is 0 Å². The van der Waals surface area contributed by atoms with Crippen LogP contribution in [0, 0.1) is 17.8 Å². The quantitative estimate of drug-likeness (QED) is 0.115. The number of aromatic nitrogens is 1. The van der Waals surface area contributed by atoms with Crippen LogP contribution in [0.15, 0.2) is 96.2 Å². The number of carboxylic acids is 1. The van der Waals surface area contributed by atoms with Crippen molar-refractivity contribution in [2.75, 3.05) is 5.75 Å². The molecule has 1 aliphatic heterocycles. The van der Waals surface area contributed by atoms with E-state index in [-0.39, 0.29) is 35.9 Å². The first-order valence-corrected chi connectivity index (χ1v) is 19.4. The number of nitrogens with zero attached hydrogens (tertiary/aromatic N) is 1. The number of benzene rings is 3. The lowest BCUT2D eigenvalue weighted by atomic mass is 9.53. The summed E-state index contributed by atoms with van der Waals surface area (Å²) in [5.41, 5.74) is 5.97. The van der Waals surface area contributed by atoms with E-state index in [1.54, 1.807) is 18.3 Å². The number of aliphatic hydroxyl groups excluding tert-OH is 1. The number of thioether (sulfide) groups is 1. The zero-order valence-corrected chi connectivity index (χ0v) is 29.9. The third-order valence-electron chi connectivity index (χ3n) is 11.3. The Morgan fingerprint density at radius 1 is 0.808 bits per heavy atom. The number of aromatic carboxylic acids is 1. The number of hydrogen-bond acceptors (Lipinski definition) is 7. The maximum absolute atomic E-state index is 13.1. The van der Waals surface area contributed by atoms with Gasteiger partial charge >= 0.3 is 12.0 Å². The van der Waals surface area contributed by atoms with Crippen molar-refractivity contribution >= 4 is 23.8 Å². The maximum atomic E-state index is 13.1. The van der Waals surface area contributed by atoms with E-state index in [1.807, 2.05) is 48.5 Å². The van der Waals surface area contributed by atoms with Crippen molar-refractivity contribution in [1.29, 1.82) is 0 Å². The van der Waals surface area contributed by atoms with Crippen molar-refractivity contribution in [3.63, 3.8) is 0 Å². The zero-order valence-electron chi connectivity index (χ0n) is 29.1. The summed E-state index contributed by atoms with van der Waals surface area (Å²) in [4.78, 5) is 29.2. The van der Waals surface area contributed by atoms with Crippen molar-refractivity contribution < 1.29 is 29.3 Å². The second-order valence-corrected chi connectivity index (χ2v) is 16.2. The second kappa shape index (κ2) is 15.0. The summed E-state index contributed by atoms with van der Waals surface area (Å²) < 4.78 is 13.0. The molecule has 9 rings (SSSR count). The van der Waals surface area contributed by atoms with E-state index in [2.05, 4.69) is 39.9 Å². The van der Waals surface area contributed by atoms with Gasteiger partial charge in [0.2, 0.25) is 0 Å². The van der Waals surface area contributed by atoms with Gasteiger partial charge < -0.3 is 30.3 Å². The second-order valence-electron chi connectivity index (χ2n) is 15.2. The van der Waals surface area contributed by atoms with Gasteiger partial charge in [0.15, 0.2) is 6.29 Å². The minimum absolute atomic E-state index is 0.0133. The van der Waals surface area contributed by atoms with Gasteiger partial charge in [-0.2, -0.15) is 0 Å². The first-order valence-electron chi connectivity index (χ1n) is 18.4. The minimum Gasteiger partial charge on any atom is -0.478 e. The number of urea groups is 1. The molecule has 5 aliphatic rings. The van der Waals surface area contributed by atoms with Gasteiger partial charge in [-0.05, 0) is 102 Å².